The molecule has 0 heterocycles. The standard InChI is InChI=1S/C14H21N3O3/c1-4-16(5-2)14(18)6-7-15-12-8-11(3)9-13(10-12)17(19)20/h8-10,15H,4-7H2,1-3H3. The first kappa shape index (κ1) is 15.9. The maximum Gasteiger partial charge on any atom is 0.271 e. The van der Waals surface area contributed by atoms with Gasteiger partial charge in [-0.3, -0.25) is 14.9 Å². The molecule has 0 aromatic heterocycles. The van der Waals surface area contributed by atoms with E-state index in [0.717, 1.165) is 5.56 Å². The smallest absolute Gasteiger partial charge is 0.271 e. The van der Waals surface area contributed by atoms with Crippen LogP contribution in [0.25, 0.3) is 0 Å². The van der Waals surface area contributed by atoms with E-state index in [4.69, 9.17) is 0 Å². The summed E-state index contributed by atoms with van der Waals surface area (Å²) in [5, 5.41) is 13.8. The third-order valence-electron chi connectivity index (χ3n) is 3.06. The number of aryl methyl sites for hydroxylation is 1. The zero-order valence-corrected chi connectivity index (χ0v) is 12.2. The van der Waals surface area contributed by atoms with Gasteiger partial charge in [0.15, 0.2) is 0 Å². The van der Waals surface area contributed by atoms with Crippen LogP contribution >= 0.6 is 0 Å². The Morgan fingerprint density at radius 3 is 2.50 bits per heavy atom. The molecule has 20 heavy (non-hydrogen) atoms. The highest BCUT2D eigenvalue weighted by Crippen LogP contribution is 2.20. The van der Waals surface area contributed by atoms with Gasteiger partial charge in [-0.2, -0.15) is 0 Å². The second-order valence-electron chi connectivity index (χ2n) is 4.56. The van der Waals surface area contributed by atoms with Crippen LogP contribution in [0.1, 0.15) is 25.8 Å². The minimum absolute atomic E-state index is 0.0579. The van der Waals surface area contributed by atoms with Gasteiger partial charge >= 0.3 is 0 Å². The zero-order chi connectivity index (χ0) is 15.1. The van der Waals surface area contributed by atoms with Crippen LogP contribution in [0.5, 0.6) is 0 Å². The normalized spacial score (nSPS) is 10.2. The number of anilines is 1. The van der Waals surface area contributed by atoms with Gasteiger partial charge < -0.3 is 10.2 Å². The van der Waals surface area contributed by atoms with Crippen molar-refractivity contribution in [3.05, 3.63) is 33.9 Å². The number of nitro groups is 1. The Bertz CT molecular complexity index is 485. The van der Waals surface area contributed by atoms with Crippen molar-refractivity contribution in [1.82, 2.24) is 4.90 Å². The number of hydrogen-bond acceptors (Lipinski definition) is 4. The monoisotopic (exact) mass is 279 g/mol. The summed E-state index contributed by atoms with van der Waals surface area (Å²) in [4.78, 5) is 23.9. The van der Waals surface area contributed by atoms with Gasteiger partial charge in [0.2, 0.25) is 5.91 Å². The third kappa shape index (κ3) is 4.53. The molecular formula is C14H21N3O3. The van der Waals surface area contributed by atoms with Crippen LogP contribution in [0.3, 0.4) is 0 Å². The maximum atomic E-state index is 11.8. The summed E-state index contributed by atoms with van der Waals surface area (Å²) in [6.07, 6.45) is 0.378. The molecule has 0 radical (unpaired) electrons. The van der Waals surface area contributed by atoms with Crippen molar-refractivity contribution in [2.45, 2.75) is 27.2 Å². The lowest BCUT2D eigenvalue weighted by atomic mass is 10.2. The van der Waals surface area contributed by atoms with Gasteiger partial charge in [0.1, 0.15) is 0 Å². The van der Waals surface area contributed by atoms with Crippen LogP contribution in [-0.4, -0.2) is 35.4 Å². The highest BCUT2D eigenvalue weighted by Gasteiger charge is 2.10. The molecule has 110 valence electrons. The topological polar surface area (TPSA) is 75.5 Å². The molecule has 0 saturated carbocycles. The Balaban J connectivity index is 2.58. The zero-order valence-electron chi connectivity index (χ0n) is 12.2. The predicted molar refractivity (Wildman–Crippen MR) is 78.9 cm³/mol. The van der Waals surface area contributed by atoms with Crippen LogP contribution in [-0.2, 0) is 4.79 Å². The highest BCUT2D eigenvalue weighted by molar-refractivity contribution is 5.76. The average Bonchev–Trinajstić information content (AvgIpc) is 2.39. The van der Waals surface area contributed by atoms with Crippen LogP contribution in [0.15, 0.2) is 18.2 Å². The number of carbonyl (C=O) groups excluding carboxylic acids is 1. The number of nitrogens with one attached hydrogen (secondary N) is 1. The molecule has 0 aliphatic heterocycles. The number of nitro benzene ring substituents is 1. The van der Waals surface area contributed by atoms with E-state index in [1.165, 1.54) is 12.1 Å². The molecule has 0 bridgehead atoms. The number of nitrogens with zero attached hydrogens (tertiary/aromatic N) is 2. The summed E-state index contributed by atoms with van der Waals surface area (Å²) >= 11 is 0. The highest BCUT2D eigenvalue weighted by atomic mass is 16.6. The molecule has 6 nitrogen and oxygen atoms in total. The molecule has 0 aliphatic carbocycles. The molecule has 0 spiro atoms. The van der Waals surface area contributed by atoms with Crippen molar-refractivity contribution in [1.29, 1.82) is 0 Å². The first-order chi connectivity index (χ1) is 9.47. The SMILES string of the molecule is CCN(CC)C(=O)CCNc1cc(C)cc([N+](=O)[O-])c1. The van der Waals surface area contributed by atoms with E-state index < -0.39 is 4.92 Å². The molecule has 0 fully saturated rings. The number of amides is 1. The molecule has 1 aromatic carbocycles. The van der Waals surface area contributed by atoms with E-state index in [0.29, 0.717) is 31.7 Å². The van der Waals surface area contributed by atoms with E-state index in [-0.39, 0.29) is 11.6 Å². The van der Waals surface area contributed by atoms with E-state index in [1.807, 2.05) is 19.9 Å². The quantitative estimate of drug-likeness (QED) is 0.615. The largest absolute Gasteiger partial charge is 0.384 e. The van der Waals surface area contributed by atoms with Crippen LogP contribution in [0.4, 0.5) is 11.4 Å². The van der Waals surface area contributed by atoms with Crippen LogP contribution in [0, 0.1) is 17.0 Å². The summed E-state index contributed by atoms with van der Waals surface area (Å²) in [6, 6.07) is 4.83. The molecular weight excluding hydrogens is 258 g/mol. The Morgan fingerprint density at radius 2 is 1.95 bits per heavy atom. The van der Waals surface area contributed by atoms with Crippen molar-refractivity contribution in [2.24, 2.45) is 0 Å². The number of rotatable bonds is 7. The minimum atomic E-state index is -0.417. The lowest BCUT2D eigenvalue weighted by Crippen LogP contribution is -2.31. The van der Waals surface area contributed by atoms with Crippen molar-refractivity contribution < 1.29 is 9.72 Å². The third-order valence-corrected chi connectivity index (χ3v) is 3.06. The van der Waals surface area contributed by atoms with Crippen LogP contribution in [0.2, 0.25) is 0 Å². The fourth-order valence-corrected chi connectivity index (χ4v) is 2.02. The van der Waals surface area contributed by atoms with Crippen molar-refractivity contribution in [3.63, 3.8) is 0 Å². The molecule has 0 unspecified atom stereocenters. The Kier molecular flexibility index (Phi) is 5.96. The number of non-ortho nitro benzene ring substituents is 1. The molecule has 0 aliphatic rings. The molecule has 0 saturated heterocycles. The lowest BCUT2D eigenvalue weighted by molar-refractivity contribution is -0.384. The maximum absolute atomic E-state index is 11.8. The lowest BCUT2D eigenvalue weighted by Gasteiger charge is -2.18. The summed E-state index contributed by atoms with van der Waals surface area (Å²) in [7, 11) is 0. The van der Waals surface area contributed by atoms with Gasteiger partial charge in [-0.25, -0.2) is 0 Å². The van der Waals surface area contributed by atoms with Gasteiger partial charge in [0.25, 0.3) is 5.69 Å². The van der Waals surface area contributed by atoms with E-state index >= 15 is 0 Å². The Morgan fingerprint density at radius 1 is 1.30 bits per heavy atom. The Labute approximate surface area is 118 Å². The fraction of sp³-hybridized carbons (Fsp3) is 0.500. The molecule has 6 heteroatoms. The summed E-state index contributed by atoms with van der Waals surface area (Å²) in [5.74, 6) is 0.0876. The fourth-order valence-electron chi connectivity index (χ4n) is 2.02. The number of benzene rings is 1. The van der Waals surface area contributed by atoms with Gasteiger partial charge in [-0.15, -0.1) is 0 Å². The van der Waals surface area contributed by atoms with Gasteiger partial charge in [0.05, 0.1) is 4.92 Å². The molecule has 1 rings (SSSR count). The summed E-state index contributed by atoms with van der Waals surface area (Å²) < 4.78 is 0. The first-order valence-electron chi connectivity index (χ1n) is 6.75. The van der Waals surface area contributed by atoms with Gasteiger partial charge in [-0.05, 0) is 32.4 Å². The van der Waals surface area contributed by atoms with Crippen molar-refractivity contribution >= 4 is 17.3 Å². The Hall–Kier alpha value is -2.11. The average molecular weight is 279 g/mol. The number of carbonyl (C=O) groups is 1. The second-order valence-corrected chi connectivity index (χ2v) is 4.56. The molecule has 1 amide bonds. The van der Waals surface area contributed by atoms with E-state index in [1.54, 1.807) is 11.8 Å². The van der Waals surface area contributed by atoms with Gasteiger partial charge in [0, 0.05) is 43.9 Å². The van der Waals surface area contributed by atoms with Gasteiger partial charge in [-0.1, -0.05) is 0 Å². The minimum Gasteiger partial charge on any atom is -0.384 e. The molecule has 1 N–H and O–H groups in total. The first-order valence-corrected chi connectivity index (χ1v) is 6.75. The summed E-state index contributed by atoms with van der Waals surface area (Å²) in [6.45, 7) is 7.56. The van der Waals surface area contributed by atoms with E-state index in [9.17, 15) is 14.9 Å². The van der Waals surface area contributed by atoms with Crippen LogP contribution < -0.4 is 5.32 Å². The van der Waals surface area contributed by atoms with E-state index in [2.05, 4.69) is 5.32 Å². The van der Waals surface area contributed by atoms with Crippen molar-refractivity contribution in [3.8, 4) is 0 Å². The molecule has 1 aromatic rings. The summed E-state index contributed by atoms with van der Waals surface area (Å²) in [5.41, 5.74) is 1.54. The number of hydrogen-bond donors (Lipinski definition) is 1. The van der Waals surface area contributed by atoms with Crippen molar-refractivity contribution in [2.75, 3.05) is 25.0 Å². The second kappa shape index (κ2) is 7.47. The predicted octanol–water partition coefficient (Wildman–Crippen LogP) is 2.57. The molecule has 0 atom stereocenters.